The number of unbranched alkanes of at least 4 members (excludes halogenated alkanes) is 9. The van der Waals surface area contributed by atoms with Crippen LogP contribution < -0.4 is 5.73 Å². The third kappa shape index (κ3) is 14.9. The molecule has 0 unspecified atom stereocenters. The lowest BCUT2D eigenvalue weighted by molar-refractivity contribution is -0.271. The number of hydrogen-bond acceptors (Lipinski definition) is 4. The predicted molar refractivity (Wildman–Crippen MR) is 123 cm³/mol. The summed E-state index contributed by atoms with van der Waals surface area (Å²) in [6.07, 6.45) is 24.4. The summed E-state index contributed by atoms with van der Waals surface area (Å²) in [5.74, 6) is -0.524. The Morgan fingerprint density at radius 1 is 0.793 bits per heavy atom. The molecule has 0 radical (unpaired) electrons. The van der Waals surface area contributed by atoms with Crippen LogP contribution in [0.4, 0.5) is 0 Å². The van der Waals surface area contributed by atoms with Gasteiger partial charge in [0.1, 0.15) is 0 Å². The number of ether oxygens (including phenoxy) is 3. The topological polar surface area (TPSA) is 53.7 Å². The molecule has 29 heavy (non-hydrogen) atoms. The Bertz CT molecular complexity index is 435. The predicted octanol–water partition coefficient (Wildman–Crippen LogP) is 6.30. The molecule has 0 spiro atoms. The fourth-order valence-electron chi connectivity index (χ4n) is 3.27. The van der Waals surface area contributed by atoms with Crippen molar-refractivity contribution < 1.29 is 14.2 Å². The summed E-state index contributed by atoms with van der Waals surface area (Å²) in [6, 6.07) is 0. The first-order valence-corrected chi connectivity index (χ1v) is 11.9. The van der Waals surface area contributed by atoms with Crippen LogP contribution in [0, 0.1) is 0 Å². The smallest absolute Gasteiger partial charge is 0.162 e. The summed E-state index contributed by atoms with van der Waals surface area (Å²) in [6.45, 7) is 8.34. The summed E-state index contributed by atoms with van der Waals surface area (Å²) >= 11 is 0. The van der Waals surface area contributed by atoms with E-state index in [1.807, 2.05) is 13.8 Å². The highest BCUT2D eigenvalue weighted by molar-refractivity contribution is 4.92. The molecule has 0 saturated carbocycles. The van der Waals surface area contributed by atoms with E-state index in [0.29, 0.717) is 19.8 Å². The molecule has 1 rings (SSSR count). The van der Waals surface area contributed by atoms with Gasteiger partial charge in [0.2, 0.25) is 0 Å². The Morgan fingerprint density at radius 3 is 1.97 bits per heavy atom. The Kier molecular flexibility index (Phi) is 14.6. The van der Waals surface area contributed by atoms with Crippen LogP contribution >= 0.6 is 0 Å². The fourth-order valence-corrected chi connectivity index (χ4v) is 3.27. The van der Waals surface area contributed by atoms with Gasteiger partial charge in [-0.25, -0.2) is 0 Å². The van der Waals surface area contributed by atoms with E-state index < -0.39 is 11.3 Å². The molecule has 1 aliphatic heterocycles. The zero-order chi connectivity index (χ0) is 21.3. The van der Waals surface area contributed by atoms with Gasteiger partial charge >= 0.3 is 0 Å². The van der Waals surface area contributed by atoms with Crippen LogP contribution in [0.25, 0.3) is 0 Å². The number of allylic oxidation sites excluding steroid dienone is 4. The highest BCUT2D eigenvalue weighted by Gasteiger charge is 2.37. The molecule has 0 amide bonds. The highest BCUT2D eigenvalue weighted by atomic mass is 16.7. The van der Waals surface area contributed by atoms with Crippen molar-refractivity contribution >= 4 is 0 Å². The van der Waals surface area contributed by atoms with E-state index in [4.69, 9.17) is 19.9 Å². The van der Waals surface area contributed by atoms with Gasteiger partial charge in [0.15, 0.2) is 5.79 Å². The standard InChI is InChI=1S/C25H47NO3/c1-4-5-6-7-8-9-10-11-12-13-14-15-16-17-18-19-20-27-21-25(26)22-28-24(2,3)29-23-25/h8-9,11-12H,4-7,10,13-23,26H2,1-3H3. The molecule has 0 aromatic heterocycles. The lowest BCUT2D eigenvalue weighted by Crippen LogP contribution is -2.59. The van der Waals surface area contributed by atoms with Gasteiger partial charge < -0.3 is 19.9 Å². The summed E-state index contributed by atoms with van der Waals surface area (Å²) in [7, 11) is 0. The van der Waals surface area contributed by atoms with Crippen LogP contribution in [0.5, 0.6) is 0 Å². The first-order chi connectivity index (χ1) is 14.0. The van der Waals surface area contributed by atoms with Crippen LogP contribution in [-0.4, -0.2) is 37.8 Å². The molecular formula is C25H47NO3. The zero-order valence-corrected chi connectivity index (χ0v) is 19.4. The second kappa shape index (κ2) is 16.1. The Morgan fingerprint density at radius 2 is 1.34 bits per heavy atom. The van der Waals surface area contributed by atoms with Crippen molar-refractivity contribution in [2.24, 2.45) is 5.73 Å². The van der Waals surface area contributed by atoms with E-state index in [9.17, 15) is 0 Å². The van der Waals surface area contributed by atoms with Crippen molar-refractivity contribution in [1.29, 1.82) is 0 Å². The first-order valence-electron chi connectivity index (χ1n) is 11.9. The third-order valence-electron chi connectivity index (χ3n) is 5.29. The summed E-state index contributed by atoms with van der Waals surface area (Å²) in [5, 5.41) is 0. The molecule has 1 heterocycles. The largest absolute Gasteiger partial charge is 0.379 e. The Labute approximate surface area is 180 Å². The minimum absolute atomic E-state index is 0.490. The first kappa shape index (κ1) is 26.4. The van der Waals surface area contributed by atoms with Gasteiger partial charge in [-0.2, -0.15) is 0 Å². The zero-order valence-electron chi connectivity index (χ0n) is 19.4. The second-order valence-corrected chi connectivity index (χ2v) is 8.98. The number of nitrogens with two attached hydrogens (primary N) is 1. The van der Waals surface area contributed by atoms with E-state index in [1.165, 1.54) is 64.2 Å². The van der Waals surface area contributed by atoms with Crippen LogP contribution in [0.3, 0.4) is 0 Å². The van der Waals surface area contributed by atoms with Crippen LogP contribution in [0.1, 0.15) is 97.8 Å². The van der Waals surface area contributed by atoms with E-state index in [1.54, 1.807) is 0 Å². The molecule has 4 nitrogen and oxygen atoms in total. The number of hydrogen-bond donors (Lipinski definition) is 1. The van der Waals surface area contributed by atoms with Crippen molar-refractivity contribution in [3.05, 3.63) is 24.3 Å². The van der Waals surface area contributed by atoms with Gasteiger partial charge in [-0.3, -0.25) is 0 Å². The lowest BCUT2D eigenvalue weighted by Gasteiger charge is -2.40. The second-order valence-electron chi connectivity index (χ2n) is 8.98. The third-order valence-corrected chi connectivity index (χ3v) is 5.29. The molecule has 4 heteroatoms. The maximum Gasteiger partial charge on any atom is 0.162 e. The van der Waals surface area contributed by atoms with E-state index in [0.717, 1.165) is 19.4 Å². The molecular weight excluding hydrogens is 362 g/mol. The molecule has 0 bridgehead atoms. The molecule has 1 aliphatic rings. The van der Waals surface area contributed by atoms with E-state index >= 15 is 0 Å². The summed E-state index contributed by atoms with van der Waals surface area (Å²) in [4.78, 5) is 0. The van der Waals surface area contributed by atoms with Gasteiger partial charge in [-0.15, -0.1) is 0 Å². The molecule has 1 fully saturated rings. The van der Waals surface area contributed by atoms with Crippen molar-refractivity contribution in [2.45, 2.75) is 109 Å². The van der Waals surface area contributed by atoms with Gasteiger partial charge in [-0.05, 0) is 52.4 Å². The van der Waals surface area contributed by atoms with Crippen LogP contribution in [0.15, 0.2) is 24.3 Å². The quantitative estimate of drug-likeness (QED) is 0.226. The van der Waals surface area contributed by atoms with Gasteiger partial charge in [-0.1, -0.05) is 69.8 Å². The van der Waals surface area contributed by atoms with Gasteiger partial charge in [0.05, 0.1) is 25.4 Å². The highest BCUT2D eigenvalue weighted by Crippen LogP contribution is 2.22. The normalized spacial score (nSPS) is 18.8. The van der Waals surface area contributed by atoms with Crippen molar-refractivity contribution in [1.82, 2.24) is 0 Å². The molecule has 2 N–H and O–H groups in total. The Balaban J connectivity index is 1.83. The summed E-state index contributed by atoms with van der Waals surface area (Å²) < 4.78 is 17.0. The Hall–Kier alpha value is -0.680. The molecule has 0 aromatic carbocycles. The fraction of sp³-hybridized carbons (Fsp3) is 0.840. The molecule has 170 valence electrons. The van der Waals surface area contributed by atoms with Crippen LogP contribution in [0.2, 0.25) is 0 Å². The average Bonchev–Trinajstić information content (AvgIpc) is 2.70. The minimum Gasteiger partial charge on any atom is -0.379 e. The SMILES string of the molecule is CCCCCC=CCC=CCCCCCCCCOCC1(N)COC(C)(C)OC1. The molecule has 1 saturated heterocycles. The monoisotopic (exact) mass is 409 g/mol. The van der Waals surface area contributed by atoms with Crippen molar-refractivity contribution in [3.63, 3.8) is 0 Å². The molecule has 0 aliphatic carbocycles. The number of rotatable bonds is 17. The molecule has 0 aromatic rings. The van der Waals surface area contributed by atoms with Crippen molar-refractivity contribution in [2.75, 3.05) is 26.4 Å². The molecule has 0 atom stereocenters. The van der Waals surface area contributed by atoms with Gasteiger partial charge in [0.25, 0.3) is 0 Å². The lowest BCUT2D eigenvalue weighted by atomic mass is 10.0. The van der Waals surface area contributed by atoms with Crippen LogP contribution in [-0.2, 0) is 14.2 Å². The minimum atomic E-state index is -0.524. The maximum atomic E-state index is 6.27. The van der Waals surface area contributed by atoms with Gasteiger partial charge in [0, 0.05) is 6.61 Å². The van der Waals surface area contributed by atoms with E-state index in [2.05, 4.69) is 31.2 Å². The summed E-state index contributed by atoms with van der Waals surface area (Å²) in [5.41, 5.74) is 5.76. The van der Waals surface area contributed by atoms with E-state index in [-0.39, 0.29) is 0 Å². The van der Waals surface area contributed by atoms with Crippen molar-refractivity contribution in [3.8, 4) is 0 Å². The maximum absolute atomic E-state index is 6.27. The average molecular weight is 410 g/mol.